The minimum atomic E-state index is -0.231. The normalized spacial score (nSPS) is 10.9. The third kappa shape index (κ3) is 4.92. The van der Waals surface area contributed by atoms with Crippen LogP contribution in [0.5, 0.6) is 0 Å². The SMILES string of the molecule is CCCCCNC(=O)c1nc(-c2ccc(Cl)cc2Cl)n(-c2cc(Cl)ccn2)c1C. The number of rotatable bonds is 7. The molecule has 1 N–H and O–H groups in total. The first kappa shape index (κ1) is 21.6. The van der Waals surface area contributed by atoms with Crippen molar-refractivity contribution in [3.63, 3.8) is 0 Å². The van der Waals surface area contributed by atoms with E-state index in [0.29, 0.717) is 50.2 Å². The van der Waals surface area contributed by atoms with Crippen LogP contribution in [-0.4, -0.2) is 27.0 Å². The lowest BCUT2D eigenvalue weighted by molar-refractivity contribution is 0.0948. The van der Waals surface area contributed by atoms with Gasteiger partial charge < -0.3 is 5.32 Å². The van der Waals surface area contributed by atoms with Crippen molar-refractivity contribution in [2.75, 3.05) is 6.54 Å². The molecule has 0 bridgehead atoms. The molecule has 0 aliphatic carbocycles. The van der Waals surface area contributed by atoms with Gasteiger partial charge in [-0.1, -0.05) is 54.6 Å². The monoisotopic (exact) mass is 450 g/mol. The van der Waals surface area contributed by atoms with E-state index in [1.807, 2.05) is 6.92 Å². The van der Waals surface area contributed by atoms with E-state index in [-0.39, 0.29) is 5.91 Å². The summed E-state index contributed by atoms with van der Waals surface area (Å²) >= 11 is 18.6. The fourth-order valence-corrected chi connectivity index (χ4v) is 3.67. The first-order valence-corrected chi connectivity index (χ1v) is 10.5. The molecule has 0 saturated heterocycles. The largest absolute Gasteiger partial charge is 0.351 e. The lowest BCUT2D eigenvalue weighted by atomic mass is 10.2. The zero-order chi connectivity index (χ0) is 21.0. The summed E-state index contributed by atoms with van der Waals surface area (Å²) < 4.78 is 1.78. The summed E-state index contributed by atoms with van der Waals surface area (Å²) in [6, 6.07) is 8.55. The highest BCUT2D eigenvalue weighted by molar-refractivity contribution is 6.36. The van der Waals surface area contributed by atoms with Gasteiger partial charge in [-0.05, 0) is 37.6 Å². The van der Waals surface area contributed by atoms with Crippen molar-refractivity contribution in [1.29, 1.82) is 0 Å². The number of aromatic nitrogens is 3. The van der Waals surface area contributed by atoms with Gasteiger partial charge in [0.2, 0.25) is 0 Å². The predicted octanol–water partition coefficient (Wildman–Crippen LogP) is 6.12. The Hall–Kier alpha value is -2.08. The molecule has 0 fully saturated rings. The average molecular weight is 452 g/mol. The number of unbranched alkanes of at least 4 members (excludes halogenated alkanes) is 2. The molecule has 0 aliphatic heterocycles. The van der Waals surface area contributed by atoms with Gasteiger partial charge in [0.25, 0.3) is 5.91 Å². The van der Waals surface area contributed by atoms with E-state index in [0.717, 1.165) is 19.3 Å². The Kier molecular flexibility index (Phi) is 7.17. The van der Waals surface area contributed by atoms with Gasteiger partial charge in [-0.15, -0.1) is 0 Å². The number of hydrogen-bond donors (Lipinski definition) is 1. The number of pyridine rings is 1. The number of nitrogens with zero attached hydrogens (tertiary/aromatic N) is 3. The first-order chi connectivity index (χ1) is 13.9. The standard InChI is InChI=1S/C21H21Cl3N4O/c1-3-4-5-9-26-21(29)19-13(2)28(18-12-15(23)8-10-25-18)20(27-19)16-7-6-14(22)11-17(16)24/h6-8,10-12H,3-5,9H2,1-2H3,(H,26,29). The molecule has 0 saturated carbocycles. The van der Waals surface area contributed by atoms with Crippen molar-refractivity contribution >= 4 is 40.7 Å². The van der Waals surface area contributed by atoms with Gasteiger partial charge in [0, 0.05) is 34.4 Å². The minimum absolute atomic E-state index is 0.231. The Labute approximate surface area is 185 Å². The molecule has 0 radical (unpaired) electrons. The maximum Gasteiger partial charge on any atom is 0.271 e. The van der Waals surface area contributed by atoms with Crippen LogP contribution in [0, 0.1) is 6.92 Å². The Morgan fingerprint density at radius 2 is 1.86 bits per heavy atom. The molecule has 5 nitrogen and oxygen atoms in total. The molecule has 1 aromatic carbocycles. The van der Waals surface area contributed by atoms with Crippen molar-refractivity contribution < 1.29 is 4.79 Å². The Balaban J connectivity index is 2.09. The Morgan fingerprint density at radius 1 is 1.10 bits per heavy atom. The van der Waals surface area contributed by atoms with Crippen LogP contribution in [0.2, 0.25) is 15.1 Å². The zero-order valence-electron chi connectivity index (χ0n) is 16.2. The molecule has 2 aromatic heterocycles. The van der Waals surface area contributed by atoms with Gasteiger partial charge in [0.05, 0.1) is 10.7 Å². The number of halogens is 3. The van der Waals surface area contributed by atoms with Crippen LogP contribution in [-0.2, 0) is 0 Å². The summed E-state index contributed by atoms with van der Waals surface area (Å²) in [4.78, 5) is 21.8. The van der Waals surface area contributed by atoms with Crippen LogP contribution in [0.15, 0.2) is 36.5 Å². The molecular formula is C21H21Cl3N4O. The van der Waals surface area contributed by atoms with Gasteiger partial charge in [-0.25, -0.2) is 9.97 Å². The number of imidazole rings is 1. The number of nitrogens with one attached hydrogen (secondary N) is 1. The first-order valence-electron chi connectivity index (χ1n) is 9.37. The molecule has 0 aliphatic rings. The highest BCUT2D eigenvalue weighted by atomic mass is 35.5. The number of carbonyl (C=O) groups is 1. The van der Waals surface area contributed by atoms with Crippen molar-refractivity contribution in [2.45, 2.75) is 33.1 Å². The summed E-state index contributed by atoms with van der Waals surface area (Å²) in [5.74, 6) is 0.817. The Morgan fingerprint density at radius 3 is 2.55 bits per heavy atom. The molecule has 3 aromatic rings. The van der Waals surface area contributed by atoms with Crippen LogP contribution < -0.4 is 5.32 Å². The van der Waals surface area contributed by atoms with Crippen molar-refractivity contribution in [1.82, 2.24) is 19.9 Å². The van der Waals surface area contributed by atoms with Gasteiger partial charge in [0.15, 0.2) is 0 Å². The minimum Gasteiger partial charge on any atom is -0.351 e. The van der Waals surface area contributed by atoms with E-state index < -0.39 is 0 Å². The number of benzene rings is 1. The van der Waals surface area contributed by atoms with E-state index in [1.165, 1.54) is 0 Å². The lowest BCUT2D eigenvalue weighted by Crippen LogP contribution is -2.25. The van der Waals surface area contributed by atoms with E-state index in [4.69, 9.17) is 34.8 Å². The fraction of sp³-hybridized carbons (Fsp3) is 0.286. The maximum atomic E-state index is 12.8. The zero-order valence-corrected chi connectivity index (χ0v) is 18.4. The van der Waals surface area contributed by atoms with Gasteiger partial charge >= 0.3 is 0 Å². The summed E-state index contributed by atoms with van der Waals surface area (Å²) in [7, 11) is 0. The second-order valence-corrected chi connectivity index (χ2v) is 7.90. The average Bonchev–Trinajstić information content (AvgIpc) is 3.02. The number of hydrogen-bond acceptors (Lipinski definition) is 3. The molecule has 0 atom stereocenters. The van der Waals surface area contributed by atoms with Crippen molar-refractivity contribution in [3.05, 3.63) is 63.0 Å². The van der Waals surface area contributed by atoms with Crippen molar-refractivity contribution in [2.24, 2.45) is 0 Å². The van der Waals surface area contributed by atoms with E-state index >= 15 is 0 Å². The predicted molar refractivity (Wildman–Crippen MR) is 118 cm³/mol. The highest BCUT2D eigenvalue weighted by Crippen LogP contribution is 2.33. The van der Waals surface area contributed by atoms with Crippen LogP contribution in [0.4, 0.5) is 0 Å². The molecule has 0 unspecified atom stereocenters. The second kappa shape index (κ2) is 9.61. The molecule has 152 valence electrons. The van der Waals surface area contributed by atoms with Gasteiger partial charge in [0.1, 0.15) is 17.3 Å². The van der Waals surface area contributed by atoms with E-state index in [9.17, 15) is 4.79 Å². The molecule has 2 heterocycles. The van der Waals surface area contributed by atoms with E-state index in [2.05, 4.69) is 22.2 Å². The Bertz CT molecular complexity index is 1030. The lowest BCUT2D eigenvalue weighted by Gasteiger charge is -2.11. The summed E-state index contributed by atoms with van der Waals surface area (Å²) in [6.45, 7) is 4.54. The van der Waals surface area contributed by atoms with Gasteiger partial charge in [-0.3, -0.25) is 9.36 Å². The number of carbonyl (C=O) groups excluding carboxylic acids is 1. The van der Waals surface area contributed by atoms with Crippen LogP contribution in [0.1, 0.15) is 42.4 Å². The van der Waals surface area contributed by atoms with E-state index in [1.54, 1.807) is 41.1 Å². The van der Waals surface area contributed by atoms with Crippen molar-refractivity contribution in [3.8, 4) is 17.2 Å². The third-order valence-electron chi connectivity index (χ3n) is 4.50. The van der Waals surface area contributed by atoms with Crippen LogP contribution in [0.3, 0.4) is 0 Å². The van der Waals surface area contributed by atoms with Crippen LogP contribution >= 0.6 is 34.8 Å². The molecule has 8 heteroatoms. The molecule has 3 rings (SSSR count). The fourth-order valence-electron chi connectivity index (χ4n) is 3.02. The smallest absolute Gasteiger partial charge is 0.271 e. The summed E-state index contributed by atoms with van der Waals surface area (Å²) in [5.41, 5.74) is 1.61. The molecule has 1 amide bonds. The van der Waals surface area contributed by atoms with Crippen LogP contribution in [0.25, 0.3) is 17.2 Å². The molecule has 0 spiro atoms. The molecule has 29 heavy (non-hydrogen) atoms. The quantitative estimate of drug-likeness (QED) is 0.440. The second-order valence-electron chi connectivity index (χ2n) is 6.62. The topological polar surface area (TPSA) is 59.8 Å². The summed E-state index contributed by atoms with van der Waals surface area (Å²) in [6.07, 6.45) is 4.68. The van der Waals surface area contributed by atoms with Gasteiger partial charge in [-0.2, -0.15) is 0 Å². The summed E-state index contributed by atoms with van der Waals surface area (Å²) in [5, 5.41) is 4.42. The maximum absolute atomic E-state index is 12.8. The highest BCUT2D eigenvalue weighted by Gasteiger charge is 2.23. The number of amides is 1. The third-order valence-corrected chi connectivity index (χ3v) is 5.28. The molecular weight excluding hydrogens is 431 g/mol.